The second-order valence-electron chi connectivity index (χ2n) is 4.78. The molecule has 0 bridgehead atoms. The van der Waals surface area contributed by atoms with Gasteiger partial charge in [-0.05, 0) is 20.0 Å². The van der Waals surface area contributed by atoms with Crippen molar-refractivity contribution in [2.45, 2.75) is 26.1 Å². The molecule has 0 unspecified atom stereocenters. The number of nitrogens with zero attached hydrogens (tertiary/aromatic N) is 2. The summed E-state index contributed by atoms with van der Waals surface area (Å²) in [7, 11) is 3.64. The first kappa shape index (κ1) is 15.1. The summed E-state index contributed by atoms with van der Waals surface area (Å²) in [5.74, 6) is -0.162. The smallest absolute Gasteiger partial charge is 0.127 e. The van der Waals surface area contributed by atoms with Gasteiger partial charge in [-0.2, -0.15) is 0 Å². The fourth-order valence-corrected chi connectivity index (χ4v) is 2.81. The lowest BCUT2D eigenvalue weighted by Crippen LogP contribution is -2.22. The summed E-state index contributed by atoms with van der Waals surface area (Å²) in [6, 6.07) is 6.90. The van der Waals surface area contributed by atoms with Gasteiger partial charge in [0.1, 0.15) is 10.8 Å². The molecule has 0 fully saturated rings. The molecular weight excluding hydrogens is 275 g/mol. The molecule has 0 aliphatic rings. The second-order valence-corrected chi connectivity index (χ2v) is 5.72. The SMILES string of the molecule is COCc1nc(CN(C)[C@@H](C)c2ccccc2F)cs1. The van der Waals surface area contributed by atoms with Crippen molar-refractivity contribution in [3.63, 3.8) is 0 Å². The topological polar surface area (TPSA) is 25.4 Å². The highest BCUT2D eigenvalue weighted by Gasteiger charge is 2.16. The molecular formula is C15H19FN2OS. The summed E-state index contributed by atoms with van der Waals surface area (Å²) in [5.41, 5.74) is 1.70. The quantitative estimate of drug-likeness (QED) is 0.813. The maximum absolute atomic E-state index is 13.8. The zero-order chi connectivity index (χ0) is 14.5. The number of ether oxygens (including phenoxy) is 1. The van der Waals surface area contributed by atoms with Gasteiger partial charge in [-0.1, -0.05) is 18.2 Å². The van der Waals surface area contributed by atoms with Crippen LogP contribution >= 0.6 is 11.3 Å². The lowest BCUT2D eigenvalue weighted by molar-refractivity contribution is 0.184. The highest BCUT2D eigenvalue weighted by atomic mass is 32.1. The molecule has 0 saturated carbocycles. The third-order valence-corrected chi connectivity index (χ3v) is 4.17. The average molecular weight is 294 g/mol. The largest absolute Gasteiger partial charge is 0.378 e. The van der Waals surface area contributed by atoms with E-state index in [4.69, 9.17) is 4.74 Å². The van der Waals surface area contributed by atoms with E-state index < -0.39 is 0 Å². The van der Waals surface area contributed by atoms with Crippen LogP contribution in [0.25, 0.3) is 0 Å². The van der Waals surface area contributed by atoms with Crippen LogP contribution in [-0.2, 0) is 17.9 Å². The highest BCUT2D eigenvalue weighted by Crippen LogP contribution is 2.23. The zero-order valence-corrected chi connectivity index (χ0v) is 12.8. The molecule has 0 amide bonds. The Hall–Kier alpha value is -1.30. The maximum Gasteiger partial charge on any atom is 0.127 e. The van der Waals surface area contributed by atoms with Crippen LogP contribution < -0.4 is 0 Å². The molecule has 0 aliphatic heterocycles. The molecule has 0 spiro atoms. The Kier molecular flexibility index (Phi) is 5.23. The third-order valence-electron chi connectivity index (χ3n) is 3.29. The van der Waals surface area contributed by atoms with Crippen LogP contribution in [-0.4, -0.2) is 24.0 Å². The molecule has 1 aromatic heterocycles. The maximum atomic E-state index is 13.8. The summed E-state index contributed by atoms with van der Waals surface area (Å²) in [6.07, 6.45) is 0. The number of thiazole rings is 1. The first-order chi connectivity index (χ1) is 9.61. The van der Waals surface area contributed by atoms with Crippen molar-refractivity contribution in [1.82, 2.24) is 9.88 Å². The zero-order valence-electron chi connectivity index (χ0n) is 12.0. The van der Waals surface area contributed by atoms with Crippen molar-refractivity contribution in [2.24, 2.45) is 0 Å². The minimum atomic E-state index is -0.162. The van der Waals surface area contributed by atoms with Gasteiger partial charge in [0.2, 0.25) is 0 Å². The Bertz CT molecular complexity index is 558. The summed E-state index contributed by atoms with van der Waals surface area (Å²) >= 11 is 1.59. The molecule has 1 heterocycles. The summed E-state index contributed by atoms with van der Waals surface area (Å²) in [4.78, 5) is 6.58. The summed E-state index contributed by atoms with van der Waals surface area (Å²) in [5, 5.41) is 2.99. The minimum Gasteiger partial charge on any atom is -0.378 e. The lowest BCUT2D eigenvalue weighted by atomic mass is 10.1. The van der Waals surface area contributed by atoms with Gasteiger partial charge in [0.25, 0.3) is 0 Å². The number of methoxy groups -OCH3 is 1. The van der Waals surface area contributed by atoms with Gasteiger partial charge >= 0.3 is 0 Å². The van der Waals surface area contributed by atoms with Gasteiger partial charge in [-0.25, -0.2) is 9.37 Å². The van der Waals surface area contributed by atoms with E-state index in [1.165, 1.54) is 6.07 Å². The molecule has 2 rings (SSSR count). The number of hydrogen-bond donors (Lipinski definition) is 0. The molecule has 5 heteroatoms. The number of rotatable bonds is 6. The van der Waals surface area contributed by atoms with Gasteiger partial charge in [0.05, 0.1) is 12.3 Å². The van der Waals surface area contributed by atoms with E-state index in [9.17, 15) is 4.39 Å². The predicted octanol–water partition coefficient (Wildman–Crippen LogP) is 3.62. The number of hydrogen-bond acceptors (Lipinski definition) is 4. The number of halogens is 1. The van der Waals surface area contributed by atoms with Crippen LogP contribution in [0.15, 0.2) is 29.6 Å². The Morgan fingerprint density at radius 3 is 2.85 bits per heavy atom. The standard InChI is InChI=1S/C15H19FN2OS/c1-11(13-6-4-5-7-14(13)16)18(2)8-12-10-20-15(17-12)9-19-3/h4-7,10-11H,8-9H2,1-3H3/t11-/m0/s1. The molecule has 2 aromatic rings. The second kappa shape index (κ2) is 6.92. The van der Waals surface area contributed by atoms with Crippen molar-refractivity contribution in [2.75, 3.05) is 14.2 Å². The number of aromatic nitrogens is 1. The molecule has 1 aromatic carbocycles. The molecule has 20 heavy (non-hydrogen) atoms. The fraction of sp³-hybridized carbons (Fsp3) is 0.400. The van der Waals surface area contributed by atoms with E-state index in [2.05, 4.69) is 9.88 Å². The van der Waals surface area contributed by atoms with E-state index in [0.717, 1.165) is 10.7 Å². The van der Waals surface area contributed by atoms with E-state index in [-0.39, 0.29) is 11.9 Å². The van der Waals surface area contributed by atoms with Gasteiger partial charge in [0, 0.05) is 30.6 Å². The Labute approximate surface area is 123 Å². The van der Waals surface area contributed by atoms with Crippen LogP contribution in [0, 0.1) is 5.82 Å². The van der Waals surface area contributed by atoms with Crippen LogP contribution in [0.5, 0.6) is 0 Å². The normalized spacial score (nSPS) is 12.8. The van der Waals surface area contributed by atoms with Gasteiger partial charge in [0.15, 0.2) is 0 Å². The van der Waals surface area contributed by atoms with Crippen molar-refractivity contribution in [3.05, 3.63) is 51.7 Å². The Morgan fingerprint density at radius 1 is 1.40 bits per heavy atom. The lowest BCUT2D eigenvalue weighted by Gasteiger charge is -2.24. The molecule has 1 atom stereocenters. The molecule has 0 radical (unpaired) electrons. The average Bonchev–Trinajstić information content (AvgIpc) is 2.86. The molecule has 0 saturated heterocycles. The van der Waals surface area contributed by atoms with E-state index in [0.29, 0.717) is 18.7 Å². The van der Waals surface area contributed by atoms with E-state index in [1.807, 2.05) is 31.5 Å². The Morgan fingerprint density at radius 2 is 2.15 bits per heavy atom. The van der Waals surface area contributed by atoms with E-state index in [1.54, 1.807) is 24.5 Å². The highest BCUT2D eigenvalue weighted by molar-refractivity contribution is 7.09. The van der Waals surface area contributed by atoms with Crippen molar-refractivity contribution >= 4 is 11.3 Å². The summed E-state index contributed by atoms with van der Waals surface area (Å²) in [6.45, 7) is 3.23. The molecule has 0 N–H and O–H groups in total. The first-order valence-electron chi connectivity index (χ1n) is 6.48. The molecule has 108 valence electrons. The first-order valence-corrected chi connectivity index (χ1v) is 7.36. The van der Waals surface area contributed by atoms with Gasteiger partial charge in [-0.15, -0.1) is 11.3 Å². The van der Waals surface area contributed by atoms with Gasteiger partial charge < -0.3 is 4.74 Å². The Balaban J connectivity index is 2.03. The number of benzene rings is 1. The molecule has 0 aliphatic carbocycles. The van der Waals surface area contributed by atoms with E-state index >= 15 is 0 Å². The van der Waals surface area contributed by atoms with Crippen molar-refractivity contribution < 1.29 is 9.13 Å². The van der Waals surface area contributed by atoms with Crippen molar-refractivity contribution in [3.8, 4) is 0 Å². The predicted molar refractivity (Wildman–Crippen MR) is 79.1 cm³/mol. The monoisotopic (exact) mass is 294 g/mol. The van der Waals surface area contributed by atoms with Crippen molar-refractivity contribution in [1.29, 1.82) is 0 Å². The van der Waals surface area contributed by atoms with Crippen LogP contribution in [0.3, 0.4) is 0 Å². The van der Waals surface area contributed by atoms with Crippen LogP contribution in [0.4, 0.5) is 4.39 Å². The summed E-state index contributed by atoms with van der Waals surface area (Å²) < 4.78 is 18.9. The van der Waals surface area contributed by atoms with Gasteiger partial charge in [-0.3, -0.25) is 4.90 Å². The fourth-order valence-electron chi connectivity index (χ4n) is 2.06. The third kappa shape index (κ3) is 3.62. The van der Waals surface area contributed by atoms with Crippen LogP contribution in [0.1, 0.15) is 29.2 Å². The minimum absolute atomic E-state index is 0.00350. The van der Waals surface area contributed by atoms with Crippen LogP contribution in [0.2, 0.25) is 0 Å². The molecule has 3 nitrogen and oxygen atoms in total.